The zero-order valence-electron chi connectivity index (χ0n) is 18.8. The van der Waals surface area contributed by atoms with Gasteiger partial charge in [0.25, 0.3) is 15.7 Å². The molecule has 3 aromatic carbocycles. The Kier molecular flexibility index (Phi) is 6.95. The Balaban J connectivity index is 1.54. The van der Waals surface area contributed by atoms with Crippen LogP contribution < -0.4 is 4.31 Å². The number of rotatable bonds is 7. The number of piperidine rings is 1. The zero-order chi connectivity index (χ0) is 24.3. The molecule has 0 radical (unpaired) electrons. The molecule has 0 unspecified atom stereocenters. The van der Waals surface area contributed by atoms with E-state index in [-0.39, 0.29) is 16.6 Å². The van der Waals surface area contributed by atoms with Gasteiger partial charge in [-0.3, -0.25) is 19.3 Å². The van der Waals surface area contributed by atoms with E-state index in [1.807, 2.05) is 0 Å². The SMILES string of the molecule is Cc1ccccc1S(=O)(=O)N(c1ccc(F)cc1)C1CCN(Cc2ccc([N+](=O)[O-])cc2)CC1. The first kappa shape index (κ1) is 23.8. The second-order valence-electron chi connectivity index (χ2n) is 8.47. The van der Waals surface area contributed by atoms with Crippen molar-refractivity contribution in [3.63, 3.8) is 0 Å². The van der Waals surface area contributed by atoms with Gasteiger partial charge in [-0.15, -0.1) is 0 Å². The Morgan fingerprint density at radius 2 is 1.62 bits per heavy atom. The summed E-state index contributed by atoms with van der Waals surface area (Å²) in [6.45, 7) is 3.74. The highest BCUT2D eigenvalue weighted by Crippen LogP contribution is 2.32. The third kappa shape index (κ3) is 5.10. The summed E-state index contributed by atoms with van der Waals surface area (Å²) in [5.74, 6) is -0.421. The summed E-state index contributed by atoms with van der Waals surface area (Å²) in [5.41, 5.74) is 2.12. The minimum absolute atomic E-state index is 0.0545. The second-order valence-corrected chi connectivity index (χ2v) is 10.3. The third-order valence-electron chi connectivity index (χ3n) is 6.15. The van der Waals surface area contributed by atoms with Crippen LogP contribution in [-0.4, -0.2) is 37.4 Å². The molecule has 0 amide bonds. The van der Waals surface area contributed by atoms with Crippen LogP contribution in [0.1, 0.15) is 24.0 Å². The Morgan fingerprint density at radius 1 is 1.00 bits per heavy atom. The number of nitro groups is 1. The molecule has 7 nitrogen and oxygen atoms in total. The minimum atomic E-state index is -3.86. The van der Waals surface area contributed by atoms with E-state index < -0.39 is 20.8 Å². The molecule has 178 valence electrons. The average Bonchev–Trinajstić information content (AvgIpc) is 2.82. The largest absolute Gasteiger partial charge is 0.299 e. The lowest BCUT2D eigenvalue weighted by Gasteiger charge is -2.39. The molecule has 1 aliphatic heterocycles. The van der Waals surface area contributed by atoms with Gasteiger partial charge in [-0.25, -0.2) is 12.8 Å². The van der Waals surface area contributed by atoms with Crippen molar-refractivity contribution in [3.8, 4) is 0 Å². The van der Waals surface area contributed by atoms with Crippen molar-refractivity contribution in [3.05, 3.63) is 99.9 Å². The van der Waals surface area contributed by atoms with Crippen molar-refractivity contribution in [2.24, 2.45) is 0 Å². The molecule has 0 saturated carbocycles. The van der Waals surface area contributed by atoms with Gasteiger partial charge < -0.3 is 0 Å². The fraction of sp³-hybridized carbons (Fsp3) is 0.280. The number of nitrogens with zero attached hydrogens (tertiary/aromatic N) is 3. The van der Waals surface area contributed by atoms with E-state index in [0.29, 0.717) is 43.7 Å². The van der Waals surface area contributed by atoms with Crippen molar-refractivity contribution in [1.29, 1.82) is 0 Å². The summed E-state index contributed by atoms with van der Waals surface area (Å²) in [6.07, 6.45) is 1.21. The lowest BCUT2D eigenvalue weighted by atomic mass is 10.0. The number of sulfonamides is 1. The Bertz CT molecular complexity index is 1260. The highest BCUT2D eigenvalue weighted by atomic mass is 32.2. The van der Waals surface area contributed by atoms with Gasteiger partial charge >= 0.3 is 0 Å². The van der Waals surface area contributed by atoms with Crippen LogP contribution in [-0.2, 0) is 16.6 Å². The molecule has 1 heterocycles. The van der Waals surface area contributed by atoms with Gasteiger partial charge in [-0.1, -0.05) is 30.3 Å². The van der Waals surface area contributed by atoms with Crippen molar-refractivity contribution < 1.29 is 17.7 Å². The Labute approximate surface area is 198 Å². The van der Waals surface area contributed by atoms with Gasteiger partial charge in [0.1, 0.15) is 5.82 Å². The maximum Gasteiger partial charge on any atom is 0.269 e. The fourth-order valence-corrected chi connectivity index (χ4v) is 6.32. The quantitative estimate of drug-likeness (QED) is 0.353. The number of likely N-dealkylation sites (tertiary alicyclic amines) is 1. The van der Waals surface area contributed by atoms with Crippen molar-refractivity contribution >= 4 is 21.4 Å². The van der Waals surface area contributed by atoms with Crippen molar-refractivity contribution in [1.82, 2.24) is 4.90 Å². The molecule has 0 aromatic heterocycles. The Hall–Kier alpha value is -3.30. The summed E-state index contributed by atoms with van der Waals surface area (Å²) in [5, 5.41) is 10.9. The maximum absolute atomic E-state index is 13.8. The number of anilines is 1. The van der Waals surface area contributed by atoms with Crippen molar-refractivity contribution in [2.75, 3.05) is 17.4 Å². The predicted octanol–water partition coefficient (Wildman–Crippen LogP) is 4.90. The monoisotopic (exact) mass is 483 g/mol. The molecule has 3 aromatic rings. The van der Waals surface area contributed by atoms with E-state index in [1.54, 1.807) is 43.3 Å². The second kappa shape index (κ2) is 9.90. The van der Waals surface area contributed by atoms with Gasteiger partial charge in [-0.05, 0) is 61.2 Å². The van der Waals surface area contributed by atoms with E-state index in [0.717, 1.165) is 5.56 Å². The summed E-state index contributed by atoms with van der Waals surface area (Å²) < 4.78 is 42.6. The first-order valence-electron chi connectivity index (χ1n) is 11.1. The molecule has 1 fully saturated rings. The third-order valence-corrected chi connectivity index (χ3v) is 8.19. The first-order valence-corrected chi connectivity index (χ1v) is 12.5. The lowest BCUT2D eigenvalue weighted by molar-refractivity contribution is -0.384. The van der Waals surface area contributed by atoms with Gasteiger partial charge in [-0.2, -0.15) is 0 Å². The molecule has 34 heavy (non-hydrogen) atoms. The molecule has 0 atom stereocenters. The van der Waals surface area contributed by atoms with Crippen LogP contribution in [0, 0.1) is 22.9 Å². The van der Waals surface area contributed by atoms with E-state index in [9.17, 15) is 22.9 Å². The number of hydrogen-bond donors (Lipinski definition) is 0. The van der Waals surface area contributed by atoms with Crippen LogP contribution in [0.5, 0.6) is 0 Å². The average molecular weight is 484 g/mol. The molecular weight excluding hydrogens is 457 g/mol. The molecule has 0 N–H and O–H groups in total. The first-order chi connectivity index (χ1) is 16.3. The standard InChI is InChI=1S/C25H26FN3O4S/c1-19-4-2-3-5-25(19)34(32,33)28(22-12-8-21(26)9-13-22)23-14-16-27(17-15-23)18-20-6-10-24(11-7-20)29(30)31/h2-13,23H,14-18H2,1H3. The van der Waals surface area contributed by atoms with Crippen LogP contribution in [0.25, 0.3) is 0 Å². The topological polar surface area (TPSA) is 83.8 Å². The normalized spacial score (nSPS) is 15.2. The van der Waals surface area contributed by atoms with Gasteiger partial charge in [0.15, 0.2) is 0 Å². The molecule has 0 spiro atoms. The number of non-ortho nitro benzene ring substituents is 1. The molecule has 4 rings (SSSR count). The summed E-state index contributed by atoms with van der Waals surface area (Å²) in [6, 6.07) is 18.6. The number of halogens is 1. The maximum atomic E-state index is 13.8. The highest BCUT2D eigenvalue weighted by Gasteiger charge is 2.34. The minimum Gasteiger partial charge on any atom is -0.299 e. The summed E-state index contributed by atoms with van der Waals surface area (Å²) in [7, 11) is -3.86. The van der Waals surface area contributed by atoms with Gasteiger partial charge in [0, 0.05) is 37.8 Å². The lowest BCUT2D eigenvalue weighted by Crippen LogP contribution is -2.47. The number of benzene rings is 3. The fourth-order valence-electron chi connectivity index (χ4n) is 4.38. The number of aryl methyl sites for hydroxylation is 1. The predicted molar refractivity (Wildman–Crippen MR) is 129 cm³/mol. The van der Waals surface area contributed by atoms with Crippen LogP contribution in [0.4, 0.5) is 15.8 Å². The molecule has 9 heteroatoms. The highest BCUT2D eigenvalue weighted by molar-refractivity contribution is 7.93. The zero-order valence-corrected chi connectivity index (χ0v) is 19.6. The van der Waals surface area contributed by atoms with Gasteiger partial charge in [0.2, 0.25) is 0 Å². The molecule has 0 bridgehead atoms. The van der Waals surface area contributed by atoms with Crippen LogP contribution in [0.3, 0.4) is 0 Å². The van der Waals surface area contributed by atoms with E-state index in [4.69, 9.17) is 0 Å². The van der Waals surface area contributed by atoms with E-state index in [1.165, 1.54) is 40.7 Å². The Morgan fingerprint density at radius 3 is 2.21 bits per heavy atom. The molecule has 1 saturated heterocycles. The molecular formula is C25H26FN3O4S. The summed E-state index contributed by atoms with van der Waals surface area (Å²) >= 11 is 0. The van der Waals surface area contributed by atoms with Crippen molar-refractivity contribution in [2.45, 2.75) is 37.2 Å². The van der Waals surface area contributed by atoms with E-state index in [2.05, 4.69) is 4.90 Å². The molecule has 0 aliphatic carbocycles. The summed E-state index contributed by atoms with van der Waals surface area (Å²) in [4.78, 5) is 12.9. The molecule has 1 aliphatic rings. The van der Waals surface area contributed by atoms with E-state index >= 15 is 0 Å². The smallest absolute Gasteiger partial charge is 0.269 e. The van der Waals surface area contributed by atoms with Crippen LogP contribution in [0.2, 0.25) is 0 Å². The number of hydrogen-bond acceptors (Lipinski definition) is 5. The van der Waals surface area contributed by atoms with Crippen LogP contribution >= 0.6 is 0 Å². The van der Waals surface area contributed by atoms with Gasteiger partial charge in [0.05, 0.1) is 15.5 Å². The number of nitro benzene ring substituents is 1. The van der Waals surface area contributed by atoms with Crippen LogP contribution in [0.15, 0.2) is 77.7 Å².